The van der Waals surface area contributed by atoms with Crippen molar-refractivity contribution in [1.29, 1.82) is 0 Å². The van der Waals surface area contributed by atoms with Crippen LogP contribution in [0.1, 0.15) is 11.1 Å². The maximum Gasteiger partial charge on any atom is 0.243 e. The normalized spacial score (nSPS) is 11.3. The summed E-state index contributed by atoms with van der Waals surface area (Å²) in [6.45, 7) is 3.29. The fraction of sp³-hybridized carbons (Fsp3) is 0.316. The highest BCUT2D eigenvalue weighted by Crippen LogP contribution is 2.33. The first kappa shape index (κ1) is 20.7. The van der Waals surface area contributed by atoms with Crippen LogP contribution in [-0.2, 0) is 14.8 Å². The van der Waals surface area contributed by atoms with Gasteiger partial charge < -0.3 is 14.8 Å². The number of rotatable bonds is 7. The van der Waals surface area contributed by atoms with Crippen molar-refractivity contribution in [1.82, 2.24) is 4.31 Å². The lowest BCUT2D eigenvalue weighted by molar-refractivity contribution is -0.116. The molecule has 0 aliphatic carbocycles. The van der Waals surface area contributed by atoms with Gasteiger partial charge in [-0.2, -0.15) is 4.31 Å². The summed E-state index contributed by atoms with van der Waals surface area (Å²) in [6.07, 6.45) is 0. The Balaban J connectivity index is 2.20. The second-order valence-corrected chi connectivity index (χ2v) is 8.16. The van der Waals surface area contributed by atoms with Gasteiger partial charge in [0.1, 0.15) is 0 Å². The van der Waals surface area contributed by atoms with E-state index in [2.05, 4.69) is 5.32 Å². The van der Waals surface area contributed by atoms with Crippen LogP contribution in [0.25, 0.3) is 0 Å². The number of aryl methyl sites for hydroxylation is 2. The summed E-state index contributed by atoms with van der Waals surface area (Å²) < 4.78 is 37.2. The lowest BCUT2D eigenvalue weighted by atomic mass is 10.2. The molecule has 0 atom stereocenters. The largest absolute Gasteiger partial charge is 0.493 e. The zero-order valence-electron chi connectivity index (χ0n) is 16.1. The van der Waals surface area contributed by atoms with Crippen molar-refractivity contribution in [2.24, 2.45) is 0 Å². The molecule has 0 heterocycles. The molecule has 0 unspecified atom stereocenters. The molecule has 0 saturated heterocycles. The van der Waals surface area contributed by atoms with Crippen molar-refractivity contribution in [2.45, 2.75) is 18.7 Å². The molecule has 1 N–H and O–H groups in total. The van der Waals surface area contributed by atoms with Gasteiger partial charge in [0.15, 0.2) is 11.5 Å². The first-order valence-corrected chi connectivity index (χ1v) is 9.68. The standard InChI is InChI=1S/C19H24N2O5S/c1-13-6-8-15(9-7-13)20-19(22)12-21(3)27(23,24)18-11-17(26-5)16(25-4)10-14(18)2/h6-11H,12H2,1-5H3,(H,20,22). The Hall–Kier alpha value is -2.58. The van der Waals surface area contributed by atoms with Crippen LogP contribution < -0.4 is 14.8 Å². The number of anilines is 1. The molecule has 0 fully saturated rings. The topological polar surface area (TPSA) is 84.9 Å². The second kappa shape index (κ2) is 8.41. The number of carbonyl (C=O) groups is 1. The number of nitrogens with zero attached hydrogens (tertiary/aromatic N) is 1. The molecule has 2 rings (SSSR count). The Morgan fingerprint density at radius 3 is 2.15 bits per heavy atom. The number of hydrogen-bond acceptors (Lipinski definition) is 5. The molecule has 0 saturated carbocycles. The lowest BCUT2D eigenvalue weighted by Crippen LogP contribution is -2.35. The predicted octanol–water partition coefficient (Wildman–Crippen LogP) is 2.58. The van der Waals surface area contributed by atoms with E-state index in [4.69, 9.17) is 9.47 Å². The van der Waals surface area contributed by atoms with Gasteiger partial charge in [0.25, 0.3) is 0 Å². The van der Waals surface area contributed by atoms with E-state index in [1.807, 2.05) is 19.1 Å². The van der Waals surface area contributed by atoms with Crippen molar-refractivity contribution < 1.29 is 22.7 Å². The highest BCUT2D eigenvalue weighted by molar-refractivity contribution is 7.89. The van der Waals surface area contributed by atoms with Gasteiger partial charge >= 0.3 is 0 Å². The SMILES string of the molecule is COc1cc(C)c(S(=O)(=O)N(C)CC(=O)Nc2ccc(C)cc2)cc1OC. The lowest BCUT2D eigenvalue weighted by Gasteiger charge is -2.19. The quantitative estimate of drug-likeness (QED) is 0.783. The molecule has 146 valence electrons. The first-order valence-electron chi connectivity index (χ1n) is 8.24. The fourth-order valence-electron chi connectivity index (χ4n) is 2.53. The highest BCUT2D eigenvalue weighted by atomic mass is 32.2. The second-order valence-electron chi connectivity index (χ2n) is 6.15. The van der Waals surface area contributed by atoms with E-state index in [-0.39, 0.29) is 11.4 Å². The van der Waals surface area contributed by atoms with Crippen LogP contribution in [0.2, 0.25) is 0 Å². The Kier molecular flexibility index (Phi) is 6.45. The van der Waals surface area contributed by atoms with Gasteiger partial charge in [0.2, 0.25) is 15.9 Å². The molecule has 1 amide bonds. The van der Waals surface area contributed by atoms with Gasteiger partial charge in [-0.05, 0) is 37.6 Å². The van der Waals surface area contributed by atoms with Crippen molar-refractivity contribution in [3.05, 3.63) is 47.5 Å². The summed E-state index contributed by atoms with van der Waals surface area (Å²) in [5.74, 6) is 0.316. The molecule has 7 nitrogen and oxygen atoms in total. The van der Waals surface area contributed by atoms with Crippen molar-refractivity contribution in [3.8, 4) is 11.5 Å². The third-order valence-electron chi connectivity index (χ3n) is 4.07. The summed E-state index contributed by atoms with van der Waals surface area (Å²) in [4.78, 5) is 12.3. The van der Waals surface area contributed by atoms with Gasteiger partial charge in [-0.25, -0.2) is 8.42 Å². The number of nitrogens with one attached hydrogen (secondary N) is 1. The summed E-state index contributed by atoms with van der Waals surface area (Å²) >= 11 is 0. The van der Waals surface area contributed by atoms with E-state index in [1.54, 1.807) is 25.1 Å². The van der Waals surface area contributed by atoms with Crippen LogP contribution in [0.4, 0.5) is 5.69 Å². The first-order chi connectivity index (χ1) is 12.7. The van der Waals surface area contributed by atoms with Crippen LogP contribution in [0.15, 0.2) is 41.3 Å². The summed E-state index contributed by atoms with van der Waals surface area (Å²) in [5.41, 5.74) is 2.17. The number of methoxy groups -OCH3 is 2. The average molecular weight is 392 g/mol. The van der Waals surface area contributed by atoms with Gasteiger partial charge in [0.05, 0.1) is 25.7 Å². The molecule has 0 aliphatic rings. The number of hydrogen-bond donors (Lipinski definition) is 1. The molecule has 2 aromatic rings. The highest BCUT2D eigenvalue weighted by Gasteiger charge is 2.26. The summed E-state index contributed by atoms with van der Waals surface area (Å²) in [7, 11) is 0.389. The van der Waals surface area contributed by atoms with Gasteiger partial charge in [-0.3, -0.25) is 4.79 Å². The number of likely N-dealkylation sites (N-methyl/N-ethyl adjacent to an activating group) is 1. The predicted molar refractivity (Wildman–Crippen MR) is 104 cm³/mol. The van der Waals surface area contributed by atoms with E-state index in [1.165, 1.54) is 27.3 Å². The minimum absolute atomic E-state index is 0.0609. The number of carbonyl (C=O) groups excluding carboxylic acids is 1. The van der Waals surface area contributed by atoms with Crippen LogP contribution in [0, 0.1) is 13.8 Å². The summed E-state index contributed by atoms with van der Waals surface area (Å²) in [6, 6.07) is 10.2. The van der Waals surface area contributed by atoms with E-state index >= 15 is 0 Å². The summed E-state index contributed by atoms with van der Waals surface area (Å²) in [5, 5.41) is 2.69. The zero-order valence-corrected chi connectivity index (χ0v) is 16.9. The monoisotopic (exact) mass is 392 g/mol. The molecular formula is C19H24N2O5S. The molecule has 2 aromatic carbocycles. The Labute approximate surface area is 160 Å². The van der Waals surface area contributed by atoms with E-state index < -0.39 is 15.9 Å². The van der Waals surface area contributed by atoms with Crippen LogP contribution in [-0.4, -0.2) is 46.4 Å². The van der Waals surface area contributed by atoms with Gasteiger partial charge in [0, 0.05) is 18.8 Å². The maximum atomic E-state index is 12.9. The molecule has 0 radical (unpaired) electrons. The Bertz CT molecular complexity index is 924. The number of ether oxygens (including phenoxy) is 2. The molecule has 8 heteroatoms. The molecule has 0 spiro atoms. The molecule has 0 aromatic heterocycles. The van der Waals surface area contributed by atoms with Gasteiger partial charge in [-0.15, -0.1) is 0 Å². The number of sulfonamides is 1. The minimum Gasteiger partial charge on any atom is -0.493 e. The average Bonchev–Trinajstić information content (AvgIpc) is 2.62. The van der Waals surface area contributed by atoms with Crippen LogP contribution in [0.5, 0.6) is 11.5 Å². The van der Waals surface area contributed by atoms with Gasteiger partial charge in [-0.1, -0.05) is 17.7 Å². The number of benzene rings is 2. The maximum absolute atomic E-state index is 12.9. The molecule has 0 bridgehead atoms. The molecule has 27 heavy (non-hydrogen) atoms. The fourth-order valence-corrected chi connectivity index (χ4v) is 3.88. The van der Waals surface area contributed by atoms with E-state index in [0.29, 0.717) is 22.7 Å². The zero-order chi connectivity index (χ0) is 20.2. The van der Waals surface area contributed by atoms with Crippen molar-refractivity contribution in [2.75, 3.05) is 33.1 Å². The minimum atomic E-state index is -3.88. The van der Waals surface area contributed by atoms with Crippen molar-refractivity contribution >= 4 is 21.6 Å². The van der Waals surface area contributed by atoms with E-state index in [0.717, 1.165) is 9.87 Å². The Morgan fingerprint density at radius 2 is 1.59 bits per heavy atom. The third-order valence-corrected chi connectivity index (χ3v) is 6.02. The molecular weight excluding hydrogens is 368 g/mol. The van der Waals surface area contributed by atoms with E-state index in [9.17, 15) is 13.2 Å². The van der Waals surface area contributed by atoms with Crippen molar-refractivity contribution in [3.63, 3.8) is 0 Å². The number of amides is 1. The Morgan fingerprint density at radius 1 is 1.04 bits per heavy atom. The molecule has 0 aliphatic heterocycles. The smallest absolute Gasteiger partial charge is 0.243 e. The third kappa shape index (κ3) is 4.78. The van der Waals surface area contributed by atoms with Crippen LogP contribution in [0.3, 0.4) is 0 Å². The van der Waals surface area contributed by atoms with Crippen LogP contribution >= 0.6 is 0 Å².